The molecular weight excluding hydrogens is 292 g/mol. The smallest absolute Gasteiger partial charge is 0.239 e. The molecule has 0 spiro atoms. The van der Waals surface area contributed by atoms with Crippen molar-refractivity contribution in [3.63, 3.8) is 0 Å². The molecule has 0 aliphatic carbocycles. The van der Waals surface area contributed by atoms with Crippen LogP contribution in [0.5, 0.6) is 5.75 Å². The van der Waals surface area contributed by atoms with Crippen LogP contribution in [0, 0.1) is 0 Å². The maximum absolute atomic E-state index is 12.2. The Bertz CT molecular complexity index is 712. The number of ether oxygens (including phenoxy) is 1. The third-order valence-electron chi connectivity index (χ3n) is 3.76. The van der Waals surface area contributed by atoms with E-state index in [1.54, 1.807) is 7.11 Å². The van der Waals surface area contributed by atoms with Gasteiger partial charge in [-0.2, -0.15) is 0 Å². The first-order valence-electron chi connectivity index (χ1n) is 7.67. The summed E-state index contributed by atoms with van der Waals surface area (Å²) in [5, 5.41) is 7.42. The monoisotopic (exact) mass is 314 g/mol. The molecule has 5 nitrogen and oxygen atoms in total. The highest BCUT2D eigenvalue weighted by Crippen LogP contribution is 2.25. The fourth-order valence-electron chi connectivity index (χ4n) is 2.37. The number of carbonyl (C=O) groups excluding carboxylic acids is 2. The summed E-state index contributed by atoms with van der Waals surface area (Å²) in [6.45, 7) is 4.23. The van der Waals surface area contributed by atoms with Crippen molar-refractivity contribution < 1.29 is 14.3 Å². The van der Waals surface area contributed by atoms with Gasteiger partial charge in [-0.3, -0.25) is 9.59 Å². The van der Waals surface area contributed by atoms with Crippen LogP contribution in [0.1, 0.15) is 25.3 Å². The molecule has 2 aromatic rings. The van der Waals surface area contributed by atoms with Crippen molar-refractivity contribution in [2.75, 3.05) is 20.2 Å². The second-order valence-electron chi connectivity index (χ2n) is 5.37. The third-order valence-corrected chi connectivity index (χ3v) is 3.76. The van der Waals surface area contributed by atoms with Crippen LogP contribution in [0.25, 0.3) is 10.8 Å². The van der Waals surface area contributed by atoms with Gasteiger partial charge in [-0.25, -0.2) is 0 Å². The summed E-state index contributed by atoms with van der Waals surface area (Å²) in [5.41, 5.74) is 0.913. The Morgan fingerprint density at radius 3 is 2.48 bits per heavy atom. The summed E-state index contributed by atoms with van der Waals surface area (Å²) in [6, 6.07) is 11.7. The lowest BCUT2D eigenvalue weighted by Gasteiger charge is -2.13. The second-order valence-corrected chi connectivity index (χ2v) is 5.37. The van der Waals surface area contributed by atoms with E-state index in [1.165, 1.54) is 0 Å². The van der Waals surface area contributed by atoms with Gasteiger partial charge in [-0.1, -0.05) is 24.3 Å². The van der Waals surface area contributed by atoms with Crippen molar-refractivity contribution in [2.45, 2.75) is 19.8 Å². The number of methoxy groups -OCH3 is 1. The van der Waals surface area contributed by atoms with Crippen molar-refractivity contribution in [1.82, 2.24) is 10.6 Å². The van der Waals surface area contributed by atoms with Gasteiger partial charge in [0.1, 0.15) is 5.75 Å². The van der Waals surface area contributed by atoms with Gasteiger partial charge in [0.15, 0.2) is 0 Å². The van der Waals surface area contributed by atoms with Crippen molar-refractivity contribution >= 4 is 22.6 Å². The molecule has 23 heavy (non-hydrogen) atoms. The zero-order valence-corrected chi connectivity index (χ0v) is 13.7. The lowest BCUT2D eigenvalue weighted by atomic mass is 9.97. The zero-order chi connectivity index (χ0) is 16.8. The number of rotatable bonds is 6. The number of nitrogens with one attached hydrogen (secondary N) is 2. The molecule has 1 atom stereocenters. The summed E-state index contributed by atoms with van der Waals surface area (Å²) in [6.07, 6.45) is 0. The van der Waals surface area contributed by atoms with E-state index >= 15 is 0 Å². The minimum Gasteiger partial charge on any atom is -0.497 e. The molecule has 0 unspecified atom stereocenters. The molecule has 0 radical (unpaired) electrons. The highest BCUT2D eigenvalue weighted by Gasteiger charge is 2.16. The Hall–Kier alpha value is -2.56. The lowest BCUT2D eigenvalue weighted by Crippen LogP contribution is -2.38. The molecule has 5 heteroatoms. The van der Waals surface area contributed by atoms with E-state index in [-0.39, 0.29) is 24.3 Å². The largest absolute Gasteiger partial charge is 0.497 e. The fraction of sp³-hybridized carbons (Fsp3) is 0.333. The van der Waals surface area contributed by atoms with Crippen molar-refractivity contribution in [3.05, 3.63) is 42.0 Å². The topological polar surface area (TPSA) is 67.4 Å². The van der Waals surface area contributed by atoms with Gasteiger partial charge in [0.25, 0.3) is 0 Å². The number of benzene rings is 2. The van der Waals surface area contributed by atoms with Crippen LogP contribution in [-0.4, -0.2) is 32.0 Å². The number of amides is 2. The van der Waals surface area contributed by atoms with Gasteiger partial charge in [0.05, 0.1) is 19.6 Å². The summed E-state index contributed by atoms with van der Waals surface area (Å²) in [5.74, 6) is 0.136. The molecule has 0 saturated heterocycles. The first-order chi connectivity index (χ1) is 11.0. The number of fused-ring (bicyclic) bond motifs is 1. The minimum absolute atomic E-state index is 0.00178. The molecule has 0 heterocycles. The Kier molecular flexibility index (Phi) is 5.57. The zero-order valence-electron chi connectivity index (χ0n) is 13.7. The van der Waals surface area contributed by atoms with Crippen molar-refractivity contribution in [2.24, 2.45) is 0 Å². The fourth-order valence-corrected chi connectivity index (χ4v) is 2.37. The Morgan fingerprint density at radius 2 is 1.78 bits per heavy atom. The van der Waals surface area contributed by atoms with Crippen LogP contribution in [0.15, 0.2) is 36.4 Å². The van der Waals surface area contributed by atoms with Crippen LogP contribution in [0.3, 0.4) is 0 Å². The Balaban J connectivity index is 2.09. The molecule has 0 fully saturated rings. The maximum atomic E-state index is 12.2. The van der Waals surface area contributed by atoms with Gasteiger partial charge in [-0.05, 0) is 42.3 Å². The van der Waals surface area contributed by atoms with Crippen LogP contribution in [-0.2, 0) is 9.59 Å². The molecule has 2 amide bonds. The van der Waals surface area contributed by atoms with Crippen LogP contribution < -0.4 is 15.4 Å². The molecule has 0 aromatic heterocycles. The van der Waals surface area contributed by atoms with Crippen LogP contribution in [0.2, 0.25) is 0 Å². The average Bonchev–Trinajstić information content (AvgIpc) is 2.58. The highest BCUT2D eigenvalue weighted by atomic mass is 16.5. The normalized spacial score (nSPS) is 11.8. The van der Waals surface area contributed by atoms with Gasteiger partial charge < -0.3 is 15.4 Å². The van der Waals surface area contributed by atoms with Crippen LogP contribution >= 0.6 is 0 Å². The molecule has 2 aromatic carbocycles. The number of carbonyl (C=O) groups is 2. The molecule has 122 valence electrons. The van der Waals surface area contributed by atoms with Gasteiger partial charge in [-0.15, -0.1) is 0 Å². The van der Waals surface area contributed by atoms with E-state index in [2.05, 4.69) is 10.6 Å². The number of hydrogen-bond donors (Lipinski definition) is 2. The van der Waals surface area contributed by atoms with E-state index in [4.69, 9.17) is 4.74 Å². The van der Waals surface area contributed by atoms with E-state index in [1.807, 2.05) is 50.2 Å². The third kappa shape index (κ3) is 4.22. The molecule has 2 N–H and O–H groups in total. The Labute approximate surface area is 136 Å². The van der Waals surface area contributed by atoms with E-state index in [0.29, 0.717) is 6.54 Å². The average molecular weight is 314 g/mol. The summed E-state index contributed by atoms with van der Waals surface area (Å²) in [4.78, 5) is 23.6. The van der Waals surface area contributed by atoms with Crippen LogP contribution in [0.4, 0.5) is 0 Å². The molecule has 0 aliphatic heterocycles. The maximum Gasteiger partial charge on any atom is 0.239 e. The van der Waals surface area contributed by atoms with Gasteiger partial charge >= 0.3 is 0 Å². The second kappa shape index (κ2) is 7.63. The standard InChI is InChI=1S/C18H22N2O3/c1-4-19-17(21)11-20-18(22)12(2)13-5-6-15-10-16(23-3)8-7-14(15)9-13/h5-10,12H,4,11H2,1-3H3,(H,19,21)(H,20,22)/t12-/m0/s1. The number of hydrogen-bond acceptors (Lipinski definition) is 3. The van der Waals surface area contributed by atoms with Gasteiger partial charge in [0, 0.05) is 6.54 Å². The minimum atomic E-state index is -0.323. The van der Waals surface area contributed by atoms with Crippen molar-refractivity contribution in [1.29, 1.82) is 0 Å². The quantitative estimate of drug-likeness (QED) is 0.859. The predicted octanol–water partition coefficient (Wildman–Crippen LogP) is 2.20. The van der Waals surface area contributed by atoms with E-state index < -0.39 is 0 Å². The molecule has 0 aliphatic rings. The summed E-state index contributed by atoms with van der Waals surface area (Å²) < 4.78 is 5.21. The van der Waals surface area contributed by atoms with E-state index in [0.717, 1.165) is 22.1 Å². The molecule has 0 bridgehead atoms. The van der Waals surface area contributed by atoms with Crippen molar-refractivity contribution in [3.8, 4) is 5.75 Å². The first-order valence-corrected chi connectivity index (χ1v) is 7.67. The molecular formula is C18H22N2O3. The summed E-state index contributed by atoms with van der Waals surface area (Å²) >= 11 is 0. The Morgan fingerprint density at radius 1 is 1.09 bits per heavy atom. The summed E-state index contributed by atoms with van der Waals surface area (Å²) in [7, 11) is 1.64. The van der Waals surface area contributed by atoms with E-state index in [9.17, 15) is 9.59 Å². The lowest BCUT2D eigenvalue weighted by molar-refractivity contribution is -0.126. The number of likely N-dealkylation sites (N-methyl/N-ethyl adjacent to an activating group) is 1. The van der Waals surface area contributed by atoms with Gasteiger partial charge in [0.2, 0.25) is 11.8 Å². The SMILES string of the molecule is CCNC(=O)CNC(=O)[C@@H](C)c1ccc2cc(OC)ccc2c1. The molecule has 2 rings (SSSR count). The predicted molar refractivity (Wildman–Crippen MR) is 90.6 cm³/mol. The highest BCUT2D eigenvalue weighted by molar-refractivity contribution is 5.90. The molecule has 0 saturated carbocycles. The first kappa shape index (κ1) is 16.8.